The van der Waals surface area contributed by atoms with Crippen LogP contribution in [0.15, 0.2) is 0 Å². The highest BCUT2D eigenvalue weighted by Gasteiger charge is 2.23. The SMILES string of the molecule is CCCCCN(CCOC)CC1CC1. The van der Waals surface area contributed by atoms with Crippen LogP contribution in [0.3, 0.4) is 0 Å². The van der Waals surface area contributed by atoms with Crippen LogP contribution in [-0.4, -0.2) is 38.3 Å². The van der Waals surface area contributed by atoms with Crippen molar-refractivity contribution in [1.82, 2.24) is 4.90 Å². The van der Waals surface area contributed by atoms with Gasteiger partial charge in [0.25, 0.3) is 0 Å². The van der Waals surface area contributed by atoms with Gasteiger partial charge in [0, 0.05) is 20.2 Å². The molecule has 1 aliphatic rings. The lowest BCUT2D eigenvalue weighted by atomic mass is 10.2. The average Bonchev–Trinajstić information content (AvgIpc) is 2.98. The molecule has 0 aromatic heterocycles. The third-order valence-electron chi connectivity index (χ3n) is 2.90. The van der Waals surface area contributed by atoms with Gasteiger partial charge in [-0.25, -0.2) is 0 Å². The number of hydrogen-bond donors (Lipinski definition) is 0. The number of nitrogens with zero attached hydrogens (tertiary/aromatic N) is 1. The van der Waals surface area contributed by atoms with Crippen LogP contribution >= 0.6 is 0 Å². The van der Waals surface area contributed by atoms with E-state index >= 15 is 0 Å². The zero-order chi connectivity index (χ0) is 10.2. The maximum Gasteiger partial charge on any atom is 0.0589 e. The van der Waals surface area contributed by atoms with Crippen LogP contribution in [0, 0.1) is 5.92 Å². The van der Waals surface area contributed by atoms with Gasteiger partial charge in [-0.3, -0.25) is 0 Å². The Morgan fingerprint density at radius 1 is 1.21 bits per heavy atom. The molecule has 0 heterocycles. The molecule has 1 saturated carbocycles. The molecule has 0 atom stereocenters. The largest absolute Gasteiger partial charge is 0.383 e. The molecule has 0 saturated heterocycles. The van der Waals surface area contributed by atoms with Crippen LogP contribution < -0.4 is 0 Å². The zero-order valence-corrected chi connectivity index (χ0v) is 9.80. The molecule has 0 unspecified atom stereocenters. The molecule has 2 heteroatoms. The van der Waals surface area contributed by atoms with E-state index in [4.69, 9.17) is 4.74 Å². The van der Waals surface area contributed by atoms with E-state index in [1.54, 1.807) is 7.11 Å². The molecule has 0 bridgehead atoms. The maximum atomic E-state index is 5.14. The van der Waals surface area contributed by atoms with Gasteiger partial charge in [0.15, 0.2) is 0 Å². The van der Waals surface area contributed by atoms with Crippen molar-refractivity contribution in [3.05, 3.63) is 0 Å². The molecule has 0 aliphatic heterocycles. The van der Waals surface area contributed by atoms with Crippen LogP contribution in [0.1, 0.15) is 39.0 Å². The average molecular weight is 199 g/mol. The van der Waals surface area contributed by atoms with E-state index in [9.17, 15) is 0 Å². The Bertz CT molecular complexity index is 134. The molecule has 84 valence electrons. The summed E-state index contributed by atoms with van der Waals surface area (Å²) in [5.41, 5.74) is 0. The Labute approximate surface area is 88.6 Å². The second-order valence-corrected chi connectivity index (χ2v) is 4.44. The van der Waals surface area contributed by atoms with E-state index in [1.807, 2.05) is 0 Å². The first-order valence-corrected chi connectivity index (χ1v) is 6.08. The minimum atomic E-state index is 0.888. The van der Waals surface area contributed by atoms with Crippen LogP contribution in [0.2, 0.25) is 0 Å². The van der Waals surface area contributed by atoms with Crippen molar-refractivity contribution < 1.29 is 4.74 Å². The number of unbranched alkanes of at least 4 members (excludes halogenated alkanes) is 2. The van der Waals surface area contributed by atoms with Crippen LogP contribution in [-0.2, 0) is 4.74 Å². The molecule has 1 aliphatic carbocycles. The summed E-state index contributed by atoms with van der Waals surface area (Å²) in [6.45, 7) is 6.86. The van der Waals surface area contributed by atoms with Crippen molar-refractivity contribution in [2.45, 2.75) is 39.0 Å². The molecule has 1 rings (SSSR count). The highest BCUT2D eigenvalue weighted by molar-refractivity contribution is 4.77. The van der Waals surface area contributed by atoms with E-state index in [0.717, 1.165) is 19.1 Å². The first-order chi connectivity index (χ1) is 6.86. The Hall–Kier alpha value is -0.0800. The molecule has 0 radical (unpaired) electrons. The summed E-state index contributed by atoms with van der Waals surface area (Å²) in [5.74, 6) is 1.01. The van der Waals surface area contributed by atoms with Gasteiger partial charge in [0.05, 0.1) is 6.61 Å². The topological polar surface area (TPSA) is 12.5 Å². The molecule has 0 N–H and O–H groups in total. The normalized spacial score (nSPS) is 16.5. The number of ether oxygens (including phenoxy) is 1. The summed E-state index contributed by atoms with van der Waals surface area (Å²) in [5, 5.41) is 0. The highest BCUT2D eigenvalue weighted by atomic mass is 16.5. The number of methoxy groups -OCH3 is 1. The standard InChI is InChI=1S/C12H25NO/c1-3-4-5-8-13(9-10-14-2)11-12-6-7-12/h12H,3-11H2,1-2H3. The van der Waals surface area contributed by atoms with Gasteiger partial charge in [0.1, 0.15) is 0 Å². The Morgan fingerprint density at radius 3 is 2.57 bits per heavy atom. The zero-order valence-electron chi connectivity index (χ0n) is 9.80. The molecule has 0 aromatic rings. The van der Waals surface area contributed by atoms with Crippen LogP contribution in [0.4, 0.5) is 0 Å². The minimum Gasteiger partial charge on any atom is -0.383 e. The second-order valence-electron chi connectivity index (χ2n) is 4.44. The lowest BCUT2D eigenvalue weighted by Gasteiger charge is -2.21. The molecule has 0 amide bonds. The molecule has 14 heavy (non-hydrogen) atoms. The lowest BCUT2D eigenvalue weighted by Crippen LogP contribution is -2.30. The van der Waals surface area contributed by atoms with Gasteiger partial charge in [-0.05, 0) is 31.7 Å². The highest BCUT2D eigenvalue weighted by Crippen LogP contribution is 2.29. The van der Waals surface area contributed by atoms with E-state index in [-0.39, 0.29) is 0 Å². The predicted octanol–water partition coefficient (Wildman–Crippen LogP) is 2.54. The summed E-state index contributed by atoms with van der Waals surface area (Å²) in [6, 6.07) is 0. The molecule has 0 aromatic carbocycles. The van der Waals surface area contributed by atoms with Crippen LogP contribution in [0.25, 0.3) is 0 Å². The van der Waals surface area contributed by atoms with Crippen molar-refractivity contribution in [3.8, 4) is 0 Å². The third-order valence-corrected chi connectivity index (χ3v) is 2.90. The molecule has 2 nitrogen and oxygen atoms in total. The Morgan fingerprint density at radius 2 is 2.00 bits per heavy atom. The monoisotopic (exact) mass is 199 g/mol. The van der Waals surface area contributed by atoms with Crippen molar-refractivity contribution >= 4 is 0 Å². The fraction of sp³-hybridized carbons (Fsp3) is 1.00. The lowest BCUT2D eigenvalue weighted by molar-refractivity contribution is 0.143. The fourth-order valence-corrected chi connectivity index (χ4v) is 1.77. The summed E-state index contributed by atoms with van der Waals surface area (Å²) in [6.07, 6.45) is 6.96. The molecule has 0 spiro atoms. The van der Waals surface area contributed by atoms with Crippen molar-refractivity contribution in [2.24, 2.45) is 5.92 Å². The van der Waals surface area contributed by atoms with E-state index in [1.165, 1.54) is 45.2 Å². The van der Waals surface area contributed by atoms with E-state index in [0.29, 0.717) is 0 Å². The van der Waals surface area contributed by atoms with E-state index < -0.39 is 0 Å². The van der Waals surface area contributed by atoms with Gasteiger partial charge in [-0.15, -0.1) is 0 Å². The summed E-state index contributed by atoms with van der Waals surface area (Å²) in [4.78, 5) is 2.58. The second kappa shape index (κ2) is 7.24. The van der Waals surface area contributed by atoms with Crippen molar-refractivity contribution in [3.63, 3.8) is 0 Å². The first-order valence-electron chi connectivity index (χ1n) is 6.08. The molecular formula is C12H25NO. The van der Waals surface area contributed by atoms with E-state index in [2.05, 4.69) is 11.8 Å². The van der Waals surface area contributed by atoms with Gasteiger partial charge < -0.3 is 9.64 Å². The third kappa shape index (κ3) is 5.61. The molecule has 1 fully saturated rings. The maximum absolute atomic E-state index is 5.14. The Balaban J connectivity index is 2.06. The van der Waals surface area contributed by atoms with Gasteiger partial charge in [-0.1, -0.05) is 19.8 Å². The fourth-order valence-electron chi connectivity index (χ4n) is 1.77. The smallest absolute Gasteiger partial charge is 0.0589 e. The van der Waals surface area contributed by atoms with Gasteiger partial charge in [0.2, 0.25) is 0 Å². The summed E-state index contributed by atoms with van der Waals surface area (Å²) in [7, 11) is 1.79. The number of hydrogen-bond acceptors (Lipinski definition) is 2. The summed E-state index contributed by atoms with van der Waals surface area (Å²) >= 11 is 0. The van der Waals surface area contributed by atoms with Crippen molar-refractivity contribution in [1.29, 1.82) is 0 Å². The van der Waals surface area contributed by atoms with Crippen LogP contribution in [0.5, 0.6) is 0 Å². The Kier molecular flexibility index (Phi) is 6.20. The van der Waals surface area contributed by atoms with Gasteiger partial charge in [-0.2, -0.15) is 0 Å². The quantitative estimate of drug-likeness (QED) is 0.529. The molecular weight excluding hydrogens is 174 g/mol. The van der Waals surface area contributed by atoms with Crippen molar-refractivity contribution in [2.75, 3.05) is 33.4 Å². The summed E-state index contributed by atoms with van der Waals surface area (Å²) < 4.78 is 5.14. The number of rotatable bonds is 9. The first kappa shape index (κ1) is 12.0. The van der Waals surface area contributed by atoms with Gasteiger partial charge >= 0.3 is 0 Å². The minimum absolute atomic E-state index is 0.888. The predicted molar refractivity (Wildman–Crippen MR) is 60.6 cm³/mol.